The van der Waals surface area contributed by atoms with Crippen LogP contribution in [0, 0.1) is 10.1 Å². The van der Waals surface area contributed by atoms with Crippen molar-refractivity contribution in [3.05, 3.63) is 69.8 Å². The van der Waals surface area contributed by atoms with Crippen molar-refractivity contribution in [2.75, 3.05) is 5.06 Å². The fourth-order valence-corrected chi connectivity index (χ4v) is 2.50. The Morgan fingerprint density at radius 2 is 1.58 bits per heavy atom. The fraction of sp³-hybridized carbons (Fsp3) is 0.364. The Hall–Kier alpha value is -2.46. The summed E-state index contributed by atoms with van der Waals surface area (Å²) in [5.74, 6) is 0. The first kappa shape index (κ1) is 19.9. The van der Waals surface area contributed by atoms with Crippen molar-refractivity contribution in [2.45, 2.75) is 52.6 Å². The molecule has 0 bridgehead atoms. The molecule has 0 amide bonds. The maximum atomic E-state index is 12.6. The lowest BCUT2D eigenvalue weighted by Gasteiger charge is -2.43. The topological polar surface area (TPSA) is 46.4 Å². The molecular formula is C22H28N2O2. The number of rotatable bonds is 4. The molecule has 0 radical (unpaired) electrons. The van der Waals surface area contributed by atoms with Gasteiger partial charge in [-0.1, -0.05) is 30.3 Å². The van der Waals surface area contributed by atoms with E-state index in [0.717, 1.165) is 21.0 Å². The normalized spacial score (nSPS) is 12.4. The van der Waals surface area contributed by atoms with Crippen LogP contribution in [0.4, 0.5) is 11.4 Å². The smallest absolute Gasteiger partial charge is 0.263 e. The zero-order valence-electron chi connectivity index (χ0n) is 16.5. The van der Waals surface area contributed by atoms with Crippen molar-refractivity contribution in [1.29, 1.82) is 0 Å². The van der Waals surface area contributed by atoms with E-state index in [0.29, 0.717) is 11.4 Å². The fourth-order valence-electron chi connectivity index (χ4n) is 2.50. The van der Waals surface area contributed by atoms with E-state index in [2.05, 4.69) is 0 Å². The second kappa shape index (κ2) is 7.42. The summed E-state index contributed by atoms with van der Waals surface area (Å²) in [5, 5.41) is 13.4. The molecule has 0 spiro atoms. The van der Waals surface area contributed by atoms with Crippen molar-refractivity contribution >= 4 is 23.5 Å². The highest BCUT2D eigenvalue weighted by Crippen LogP contribution is 2.27. The van der Waals surface area contributed by atoms with Crippen LogP contribution in [-0.4, -0.2) is 15.8 Å². The molecule has 0 atom stereocenters. The van der Waals surface area contributed by atoms with Crippen LogP contribution in [-0.2, 0) is 0 Å². The predicted octanol–water partition coefficient (Wildman–Crippen LogP) is 6.17. The standard InChI is InChI=1S/C22H28N2O2/c1-21(2,3)23(25)19-12-9-10-17(16-19)14-15-18-11-7-8-13-20(18)24(26)22(4,5)6/h7-16H,1-6H3/b15-14+. The molecule has 2 aromatic carbocycles. The first-order valence-corrected chi connectivity index (χ1v) is 8.82. The van der Waals surface area contributed by atoms with Crippen molar-refractivity contribution in [2.24, 2.45) is 0 Å². The Bertz CT molecular complexity index is 811. The average Bonchev–Trinajstić information content (AvgIpc) is 2.57. The van der Waals surface area contributed by atoms with Gasteiger partial charge in [0.05, 0.1) is 5.56 Å². The van der Waals surface area contributed by atoms with Crippen molar-refractivity contribution < 1.29 is 4.76 Å². The lowest BCUT2D eigenvalue weighted by atomic mass is 10.0. The Labute approximate surface area is 156 Å². The number of hydrogen-bond donors (Lipinski definition) is 0. The highest BCUT2D eigenvalue weighted by Gasteiger charge is 2.32. The molecule has 4 nitrogen and oxygen atoms in total. The summed E-state index contributed by atoms with van der Waals surface area (Å²) in [7, 11) is 0. The van der Waals surface area contributed by atoms with Gasteiger partial charge in [-0.3, -0.25) is 0 Å². The quantitative estimate of drug-likeness (QED) is 0.375. The van der Waals surface area contributed by atoms with E-state index in [1.54, 1.807) is 0 Å². The maximum absolute atomic E-state index is 12.6. The number of para-hydroxylation sites is 1. The van der Waals surface area contributed by atoms with Crippen LogP contribution in [0.1, 0.15) is 52.7 Å². The van der Waals surface area contributed by atoms with Gasteiger partial charge in [0, 0.05) is 47.7 Å². The maximum Gasteiger partial charge on any atom is 0.263 e. The molecule has 0 aromatic heterocycles. The summed E-state index contributed by atoms with van der Waals surface area (Å²) in [6, 6.07) is 15.0. The van der Waals surface area contributed by atoms with E-state index in [1.807, 2.05) is 102 Å². The van der Waals surface area contributed by atoms with Crippen molar-refractivity contribution in [3.63, 3.8) is 0 Å². The lowest BCUT2D eigenvalue weighted by Crippen LogP contribution is -2.36. The molecule has 0 unspecified atom stereocenters. The number of nitrogens with zero attached hydrogens (tertiary/aromatic N) is 2. The van der Waals surface area contributed by atoms with Crippen LogP contribution in [0.25, 0.3) is 12.2 Å². The van der Waals surface area contributed by atoms with E-state index in [-0.39, 0.29) is 0 Å². The van der Waals surface area contributed by atoms with Gasteiger partial charge in [-0.15, -0.1) is 0 Å². The largest absolute Gasteiger partial charge is 0.758 e. The number of anilines is 1. The van der Waals surface area contributed by atoms with E-state index < -0.39 is 11.1 Å². The Morgan fingerprint density at radius 3 is 2.19 bits per heavy atom. The van der Waals surface area contributed by atoms with Gasteiger partial charge in [-0.25, -0.2) is 0 Å². The molecule has 0 N–H and O–H groups in total. The SMILES string of the molecule is CC(C)(C)N([O-])c1cccc(/C=C/c2ccccc2[N+](=O)C(C)(C)C)c1. The van der Waals surface area contributed by atoms with Crippen molar-refractivity contribution in [1.82, 2.24) is 0 Å². The lowest BCUT2D eigenvalue weighted by molar-refractivity contribution is -0.540. The molecule has 0 saturated heterocycles. The molecule has 0 aliphatic heterocycles. The van der Waals surface area contributed by atoms with Crippen molar-refractivity contribution in [3.8, 4) is 0 Å². The van der Waals surface area contributed by atoms with Gasteiger partial charge < -0.3 is 10.3 Å². The van der Waals surface area contributed by atoms with E-state index in [9.17, 15) is 10.1 Å². The molecule has 0 fully saturated rings. The first-order chi connectivity index (χ1) is 12.0. The van der Waals surface area contributed by atoms with Gasteiger partial charge in [0.2, 0.25) is 5.54 Å². The molecular weight excluding hydrogens is 324 g/mol. The minimum Gasteiger partial charge on any atom is -0.758 e. The Balaban J connectivity index is 2.33. The van der Waals surface area contributed by atoms with Crippen LogP contribution < -0.4 is 5.06 Å². The number of hydroxylamine groups is 1. The van der Waals surface area contributed by atoms with Gasteiger partial charge in [0.15, 0.2) is 0 Å². The number of nitroso groups, excluding NO2 is 1. The molecule has 2 rings (SSSR count). The average molecular weight is 352 g/mol. The van der Waals surface area contributed by atoms with Gasteiger partial charge in [0.25, 0.3) is 5.69 Å². The number of benzene rings is 2. The second-order valence-electron chi connectivity index (χ2n) is 8.42. The third kappa shape index (κ3) is 4.79. The van der Waals surface area contributed by atoms with Crippen LogP contribution >= 0.6 is 0 Å². The summed E-state index contributed by atoms with van der Waals surface area (Å²) < 4.78 is 1.03. The Kier molecular flexibility index (Phi) is 5.67. The van der Waals surface area contributed by atoms with E-state index in [4.69, 9.17) is 0 Å². The molecule has 0 aliphatic rings. The predicted molar refractivity (Wildman–Crippen MR) is 110 cm³/mol. The minimum absolute atomic E-state index is 0.495. The molecule has 0 saturated carbocycles. The third-order valence-corrected chi connectivity index (χ3v) is 3.93. The van der Waals surface area contributed by atoms with Crippen LogP contribution in [0.3, 0.4) is 0 Å². The highest BCUT2D eigenvalue weighted by molar-refractivity contribution is 5.75. The highest BCUT2D eigenvalue weighted by atomic mass is 16.5. The van der Waals surface area contributed by atoms with Crippen LogP contribution in [0.15, 0.2) is 48.5 Å². The Morgan fingerprint density at radius 1 is 0.923 bits per heavy atom. The molecule has 138 valence electrons. The zero-order valence-corrected chi connectivity index (χ0v) is 16.5. The van der Waals surface area contributed by atoms with E-state index in [1.165, 1.54) is 0 Å². The third-order valence-electron chi connectivity index (χ3n) is 3.93. The van der Waals surface area contributed by atoms with Gasteiger partial charge in [-0.05, 0) is 50.6 Å². The van der Waals surface area contributed by atoms with Gasteiger partial charge >= 0.3 is 0 Å². The summed E-state index contributed by atoms with van der Waals surface area (Å²) in [4.78, 5) is 12.6. The molecule has 26 heavy (non-hydrogen) atoms. The second-order valence-corrected chi connectivity index (χ2v) is 8.42. The summed E-state index contributed by atoms with van der Waals surface area (Å²) in [5.41, 5.74) is 2.00. The molecule has 0 heterocycles. The van der Waals surface area contributed by atoms with Crippen LogP contribution in [0.5, 0.6) is 0 Å². The summed E-state index contributed by atoms with van der Waals surface area (Å²) >= 11 is 0. The summed E-state index contributed by atoms with van der Waals surface area (Å²) in [6.07, 6.45) is 3.84. The zero-order chi connectivity index (χ0) is 19.5. The van der Waals surface area contributed by atoms with Gasteiger partial charge in [0.1, 0.15) is 0 Å². The first-order valence-electron chi connectivity index (χ1n) is 8.82. The minimum atomic E-state index is -0.514. The number of hydrogen-bond acceptors (Lipinski definition) is 3. The molecule has 4 heteroatoms. The van der Waals surface area contributed by atoms with Gasteiger partial charge in [-0.2, -0.15) is 0 Å². The summed E-state index contributed by atoms with van der Waals surface area (Å²) in [6.45, 7) is 11.3. The molecule has 0 aliphatic carbocycles. The van der Waals surface area contributed by atoms with Crippen LogP contribution in [0.2, 0.25) is 0 Å². The van der Waals surface area contributed by atoms with E-state index >= 15 is 0 Å². The molecule has 2 aromatic rings. The monoisotopic (exact) mass is 352 g/mol.